The number of aromatic nitrogens is 4. The number of amides is 3. The molecule has 12 heteroatoms. The molecule has 0 unspecified atom stereocenters. The molecule has 0 spiro atoms. The van der Waals surface area contributed by atoms with Gasteiger partial charge in [0.25, 0.3) is 5.88 Å². The van der Waals surface area contributed by atoms with Gasteiger partial charge in [-0.2, -0.15) is 0 Å². The molecular formula is C18H20FN7O3S. The Morgan fingerprint density at radius 2 is 2.17 bits per heavy atom. The average molecular weight is 433 g/mol. The van der Waals surface area contributed by atoms with Crippen LogP contribution in [0.25, 0.3) is 0 Å². The summed E-state index contributed by atoms with van der Waals surface area (Å²) in [5, 5.41) is 14.9. The highest BCUT2D eigenvalue weighted by molar-refractivity contribution is 7.13. The Labute approximate surface area is 175 Å². The lowest BCUT2D eigenvalue weighted by Gasteiger charge is -2.14. The van der Waals surface area contributed by atoms with Crippen LogP contribution in [-0.4, -0.2) is 44.0 Å². The van der Waals surface area contributed by atoms with Crippen molar-refractivity contribution in [3.05, 3.63) is 52.4 Å². The number of hydrogen-bond acceptors (Lipinski definition) is 7. The minimum atomic E-state index is -0.603. The van der Waals surface area contributed by atoms with Gasteiger partial charge in [0.2, 0.25) is 0 Å². The van der Waals surface area contributed by atoms with E-state index in [-0.39, 0.29) is 24.8 Å². The molecule has 3 rings (SSSR count). The van der Waals surface area contributed by atoms with Crippen LogP contribution in [0.1, 0.15) is 17.0 Å². The van der Waals surface area contributed by atoms with Crippen molar-refractivity contribution in [2.24, 2.45) is 7.05 Å². The van der Waals surface area contributed by atoms with E-state index < -0.39 is 12.1 Å². The standard InChI is InChI=1S/C18H20FN7O3S/c1-11-15(23-24-26(11)3)29-18(28)25(2)9-14-10-30-17(21-14)22-16(27)20-8-12-5-4-6-13(19)7-12/h4-7,10H,8-9H2,1-3H3,(H2,20,21,22,27). The molecule has 0 aliphatic carbocycles. The first kappa shape index (κ1) is 21.2. The van der Waals surface area contributed by atoms with Crippen LogP contribution in [0.5, 0.6) is 5.88 Å². The number of nitrogens with one attached hydrogen (secondary N) is 2. The highest BCUT2D eigenvalue weighted by Crippen LogP contribution is 2.18. The van der Waals surface area contributed by atoms with E-state index in [1.165, 1.54) is 33.1 Å². The van der Waals surface area contributed by atoms with Crippen LogP contribution in [-0.2, 0) is 20.1 Å². The molecule has 10 nitrogen and oxygen atoms in total. The topological polar surface area (TPSA) is 114 Å². The molecule has 2 heterocycles. The van der Waals surface area contributed by atoms with Gasteiger partial charge in [0.15, 0.2) is 5.13 Å². The van der Waals surface area contributed by atoms with Crippen LogP contribution in [0, 0.1) is 12.7 Å². The molecule has 0 saturated carbocycles. The van der Waals surface area contributed by atoms with E-state index in [4.69, 9.17) is 4.74 Å². The number of hydrogen-bond donors (Lipinski definition) is 2. The lowest BCUT2D eigenvalue weighted by molar-refractivity contribution is 0.158. The molecule has 0 radical (unpaired) electrons. The summed E-state index contributed by atoms with van der Waals surface area (Å²) in [7, 11) is 3.26. The summed E-state index contributed by atoms with van der Waals surface area (Å²) < 4.78 is 19.9. The van der Waals surface area contributed by atoms with Gasteiger partial charge >= 0.3 is 12.1 Å². The van der Waals surface area contributed by atoms with Gasteiger partial charge < -0.3 is 15.0 Å². The number of halogens is 1. The van der Waals surface area contributed by atoms with E-state index in [0.29, 0.717) is 22.1 Å². The first-order chi connectivity index (χ1) is 14.3. The SMILES string of the molecule is Cc1c(OC(=O)N(C)Cc2csc(NC(=O)NCc3cccc(F)c3)n2)nnn1C. The van der Waals surface area contributed by atoms with Crippen molar-refractivity contribution in [2.75, 3.05) is 12.4 Å². The molecule has 2 N–H and O–H groups in total. The second-order valence-electron chi connectivity index (χ2n) is 6.41. The Hall–Kier alpha value is -3.54. The summed E-state index contributed by atoms with van der Waals surface area (Å²) in [5.74, 6) is -0.221. The summed E-state index contributed by atoms with van der Waals surface area (Å²) in [6.07, 6.45) is -0.603. The van der Waals surface area contributed by atoms with Crippen LogP contribution >= 0.6 is 11.3 Å². The highest BCUT2D eigenvalue weighted by Gasteiger charge is 2.17. The van der Waals surface area contributed by atoms with E-state index in [0.717, 1.165) is 0 Å². The fourth-order valence-electron chi connectivity index (χ4n) is 2.36. The summed E-state index contributed by atoms with van der Waals surface area (Å²) >= 11 is 1.22. The summed E-state index contributed by atoms with van der Waals surface area (Å²) in [5.41, 5.74) is 1.85. The fourth-order valence-corrected chi connectivity index (χ4v) is 3.05. The van der Waals surface area contributed by atoms with E-state index in [1.54, 1.807) is 38.5 Å². The zero-order valence-electron chi connectivity index (χ0n) is 16.5. The second kappa shape index (κ2) is 9.31. The number of thiazole rings is 1. The van der Waals surface area contributed by atoms with Crippen molar-refractivity contribution < 1.29 is 18.7 Å². The smallest absolute Gasteiger partial charge is 0.387 e. The molecule has 0 bridgehead atoms. The minimum absolute atomic E-state index is 0.143. The lowest BCUT2D eigenvalue weighted by atomic mass is 10.2. The average Bonchev–Trinajstić information content (AvgIpc) is 3.27. The number of rotatable bonds is 6. The Bertz CT molecular complexity index is 1050. The highest BCUT2D eigenvalue weighted by atomic mass is 32.1. The van der Waals surface area contributed by atoms with E-state index in [2.05, 4.69) is 25.9 Å². The fraction of sp³-hybridized carbons (Fsp3) is 0.278. The van der Waals surface area contributed by atoms with Crippen molar-refractivity contribution in [3.8, 4) is 5.88 Å². The summed E-state index contributed by atoms with van der Waals surface area (Å²) in [6, 6.07) is 5.50. The first-order valence-electron chi connectivity index (χ1n) is 8.84. The predicted molar refractivity (Wildman–Crippen MR) is 108 cm³/mol. The Morgan fingerprint density at radius 3 is 2.87 bits per heavy atom. The van der Waals surface area contributed by atoms with Gasteiger partial charge in [0.1, 0.15) is 5.82 Å². The van der Waals surface area contributed by atoms with Crippen LogP contribution in [0.15, 0.2) is 29.6 Å². The van der Waals surface area contributed by atoms with Crippen LogP contribution < -0.4 is 15.4 Å². The third-order valence-corrected chi connectivity index (χ3v) is 4.88. The maximum Gasteiger partial charge on any atom is 0.416 e. The van der Waals surface area contributed by atoms with Crippen molar-refractivity contribution in [2.45, 2.75) is 20.0 Å². The number of aryl methyl sites for hydroxylation is 1. The molecule has 0 aliphatic rings. The van der Waals surface area contributed by atoms with Crippen LogP contribution in [0.3, 0.4) is 0 Å². The third-order valence-electron chi connectivity index (χ3n) is 4.07. The van der Waals surface area contributed by atoms with Crippen LogP contribution in [0.4, 0.5) is 19.1 Å². The van der Waals surface area contributed by atoms with Gasteiger partial charge in [0, 0.05) is 26.0 Å². The number of ether oxygens (including phenoxy) is 1. The van der Waals surface area contributed by atoms with Crippen molar-refractivity contribution in [1.82, 2.24) is 30.2 Å². The molecule has 0 atom stereocenters. The zero-order chi connectivity index (χ0) is 21.7. The Balaban J connectivity index is 1.48. The van der Waals surface area contributed by atoms with Gasteiger partial charge in [-0.25, -0.2) is 23.6 Å². The number of urea groups is 1. The quantitative estimate of drug-likeness (QED) is 0.618. The molecule has 30 heavy (non-hydrogen) atoms. The zero-order valence-corrected chi connectivity index (χ0v) is 17.4. The second-order valence-corrected chi connectivity index (χ2v) is 7.27. The molecule has 2 aromatic heterocycles. The van der Waals surface area contributed by atoms with Crippen molar-refractivity contribution >= 4 is 28.6 Å². The molecule has 0 saturated heterocycles. The van der Waals surface area contributed by atoms with E-state index >= 15 is 0 Å². The van der Waals surface area contributed by atoms with Crippen LogP contribution in [0.2, 0.25) is 0 Å². The normalized spacial score (nSPS) is 10.5. The maximum atomic E-state index is 13.2. The number of benzene rings is 1. The lowest BCUT2D eigenvalue weighted by Crippen LogP contribution is -2.30. The third kappa shape index (κ3) is 5.50. The first-order valence-corrected chi connectivity index (χ1v) is 9.72. The number of carbonyl (C=O) groups is 2. The molecule has 3 aromatic rings. The van der Waals surface area contributed by atoms with Gasteiger partial charge in [-0.05, 0) is 24.6 Å². The molecular weight excluding hydrogens is 413 g/mol. The molecule has 3 amide bonds. The van der Waals surface area contributed by atoms with Gasteiger partial charge in [0.05, 0.1) is 17.9 Å². The Morgan fingerprint density at radius 1 is 1.37 bits per heavy atom. The number of anilines is 1. The predicted octanol–water partition coefficient (Wildman–Crippen LogP) is 2.67. The maximum absolute atomic E-state index is 13.2. The van der Waals surface area contributed by atoms with Gasteiger partial charge in [-0.3, -0.25) is 5.32 Å². The van der Waals surface area contributed by atoms with Gasteiger partial charge in [-0.15, -0.1) is 11.3 Å². The van der Waals surface area contributed by atoms with E-state index in [1.807, 2.05) is 0 Å². The molecule has 1 aromatic carbocycles. The summed E-state index contributed by atoms with van der Waals surface area (Å²) in [4.78, 5) is 29.8. The van der Waals surface area contributed by atoms with Crippen molar-refractivity contribution in [3.63, 3.8) is 0 Å². The summed E-state index contributed by atoms with van der Waals surface area (Å²) in [6.45, 7) is 2.10. The largest absolute Gasteiger partial charge is 0.416 e. The van der Waals surface area contributed by atoms with Crippen molar-refractivity contribution in [1.29, 1.82) is 0 Å². The number of nitrogens with zero attached hydrogens (tertiary/aromatic N) is 5. The minimum Gasteiger partial charge on any atom is -0.387 e. The van der Waals surface area contributed by atoms with E-state index in [9.17, 15) is 14.0 Å². The Kier molecular flexibility index (Phi) is 6.57. The van der Waals surface area contributed by atoms with Gasteiger partial charge in [-0.1, -0.05) is 22.4 Å². The monoisotopic (exact) mass is 433 g/mol. The molecule has 0 aliphatic heterocycles. The molecule has 158 valence electrons. The number of carbonyl (C=O) groups excluding carboxylic acids is 2. The molecule has 0 fully saturated rings.